The van der Waals surface area contributed by atoms with E-state index in [1.807, 2.05) is 37.3 Å². The summed E-state index contributed by atoms with van der Waals surface area (Å²) >= 11 is 1.79. The molecule has 3 aromatic rings. The molecule has 2 aromatic carbocycles. The van der Waals surface area contributed by atoms with Gasteiger partial charge in [0.25, 0.3) is 0 Å². The van der Waals surface area contributed by atoms with Crippen LogP contribution in [0.25, 0.3) is 10.9 Å². The van der Waals surface area contributed by atoms with Crippen molar-refractivity contribution in [2.75, 3.05) is 24.2 Å². The minimum absolute atomic E-state index is 0.616. The molecule has 0 saturated carbocycles. The van der Waals surface area contributed by atoms with Gasteiger partial charge in [0.15, 0.2) is 5.82 Å². The van der Waals surface area contributed by atoms with Crippen LogP contribution >= 0.6 is 11.8 Å². The van der Waals surface area contributed by atoms with Crippen LogP contribution in [0.4, 0.5) is 11.5 Å². The number of ether oxygens (including phenoxy) is 1. The lowest BCUT2D eigenvalue weighted by molar-refractivity contribution is 0.342. The van der Waals surface area contributed by atoms with E-state index < -0.39 is 0 Å². The molecule has 0 spiro atoms. The highest BCUT2D eigenvalue weighted by Crippen LogP contribution is 2.33. The Kier molecular flexibility index (Phi) is 4.13. The SMILES string of the molecule is CCOc1ccc(C2=NCCS2)cc1Nc1n[nH]c2ccccc12. The number of hydrogen-bond donors (Lipinski definition) is 2. The summed E-state index contributed by atoms with van der Waals surface area (Å²) in [6, 6.07) is 14.2. The van der Waals surface area contributed by atoms with Crippen LogP contribution in [0.3, 0.4) is 0 Å². The van der Waals surface area contributed by atoms with Gasteiger partial charge in [-0.05, 0) is 37.3 Å². The molecule has 0 saturated heterocycles. The predicted octanol–water partition coefficient (Wildman–Crippen LogP) is 4.20. The molecule has 24 heavy (non-hydrogen) atoms. The van der Waals surface area contributed by atoms with Crippen molar-refractivity contribution in [3.05, 3.63) is 48.0 Å². The Labute approximate surface area is 144 Å². The first-order valence-corrected chi connectivity index (χ1v) is 8.98. The molecule has 1 aliphatic heterocycles. The summed E-state index contributed by atoms with van der Waals surface area (Å²) in [5.74, 6) is 2.66. The first kappa shape index (κ1) is 15.1. The van der Waals surface area contributed by atoms with E-state index in [0.29, 0.717) is 6.61 Å². The second kappa shape index (κ2) is 6.57. The van der Waals surface area contributed by atoms with Gasteiger partial charge in [-0.2, -0.15) is 5.10 Å². The number of benzene rings is 2. The number of hydrogen-bond acceptors (Lipinski definition) is 5. The van der Waals surface area contributed by atoms with Gasteiger partial charge in [0.1, 0.15) is 5.75 Å². The highest BCUT2D eigenvalue weighted by Gasteiger charge is 2.14. The summed E-state index contributed by atoms with van der Waals surface area (Å²) in [5, 5.41) is 13.0. The summed E-state index contributed by atoms with van der Waals surface area (Å²) in [6.45, 7) is 3.49. The van der Waals surface area contributed by atoms with Gasteiger partial charge < -0.3 is 10.1 Å². The maximum absolute atomic E-state index is 5.77. The van der Waals surface area contributed by atoms with Crippen LogP contribution in [-0.2, 0) is 0 Å². The Hall–Kier alpha value is -2.47. The summed E-state index contributed by atoms with van der Waals surface area (Å²) in [6.07, 6.45) is 0. The van der Waals surface area contributed by atoms with Gasteiger partial charge in [-0.25, -0.2) is 0 Å². The number of aromatic amines is 1. The molecule has 2 heterocycles. The Balaban J connectivity index is 1.73. The Morgan fingerprint density at radius 1 is 1.25 bits per heavy atom. The lowest BCUT2D eigenvalue weighted by atomic mass is 10.2. The third-order valence-corrected chi connectivity index (χ3v) is 4.86. The molecule has 0 amide bonds. The average Bonchev–Trinajstić information content (AvgIpc) is 3.27. The molecule has 1 aliphatic rings. The fourth-order valence-electron chi connectivity index (χ4n) is 2.74. The van der Waals surface area contributed by atoms with Crippen LogP contribution in [-0.4, -0.2) is 34.1 Å². The molecule has 0 atom stereocenters. The average molecular weight is 338 g/mol. The lowest BCUT2D eigenvalue weighted by Gasteiger charge is -2.13. The molecule has 5 nitrogen and oxygen atoms in total. The minimum Gasteiger partial charge on any atom is -0.492 e. The van der Waals surface area contributed by atoms with Crippen LogP contribution in [0, 0.1) is 0 Å². The molecule has 122 valence electrons. The minimum atomic E-state index is 0.616. The molecular weight excluding hydrogens is 320 g/mol. The summed E-state index contributed by atoms with van der Waals surface area (Å²) < 4.78 is 5.77. The van der Waals surface area contributed by atoms with Crippen molar-refractivity contribution >= 4 is 39.2 Å². The lowest BCUT2D eigenvalue weighted by Crippen LogP contribution is -2.01. The molecule has 0 bridgehead atoms. The second-order valence-electron chi connectivity index (χ2n) is 5.42. The summed E-state index contributed by atoms with van der Waals surface area (Å²) in [4.78, 5) is 4.56. The molecule has 2 N–H and O–H groups in total. The summed E-state index contributed by atoms with van der Waals surface area (Å²) in [7, 11) is 0. The van der Waals surface area contributed by atoms with Crippen molar-refractivity contribution in [2.45, 2.75) is 6.92 Å². The van der Waals surface area contributed by atoms with Crippen molar-refractivity contribution in [1.29, 1.82) is 0 Å². The maximum Gasteiger partial charge on any atom is 0.160 e. The number of rotatable bonds is 5. The fourth-order valence-corrected chi connectivity index (χ4v) is 3.59. The predicted molar refractivity (Wildman–Crippen MR) is 101 cm³/mol. The monoisotopic (exact) mass is 338 g/mol. The van der Waals surface area contributed by atoms with Gasteiger partial charge in [-0.1, -0.05) is 12.1 Å². The van der Waals surface area contributed by atoms with E-state index in [4.69, 9.17) is 4.74 Å². The number of nitrogens with one attached hydrogen (secondary N) is 2. The van der Waals surface area contributed by atoms with Crippen molar-refractivity contribution in [2.24, 2.45) is 4.99 Å². The standard InChI is InChI=1S/C18H18N4OS/c1-2-23-16-8-7-12(18-19-9-10-24-18)11-15(16)20-17-13-5-3-4-6-14(13)21-22-17/h3-8,11H,2,9-10H2,1H3,(H2,20,21,22). The Morgan fingerprint density at radius 3 is 3.00 bits per heavy atom. The first-order chi connectivity index (χ1) is 11.8. The van der Waals surface area contributed by atoms with Gasteiger partial charge >= 0.3 is 0 Å². The van der Waals surface area contributed by atoms with Crippen molar-refractivity contribution in [3.8, 4) is 5.75 Å². The van der Waals surface area contributed by atoms with Crippen molar-refractivity contribution < 1.29 is 4.74 Å². The molecule has 6 heteroatoms. The summed E-state index contributed by atoms with van der Waals surface area (Å²) in [5.41, 5.74) is 3.02. The zero-order chi connectivity index (χ0) is 16.4. The van der Waals surface area contributed by atoms with E-state index in [9.17, 15) is 0 Å². The highest BCUT2D eigenvalue weighted by atomic mass is 32.2. The second-order valence-corrected chi connectivity index (χ2v) is 6.51. The smallest absolute Gasteiger partial charge is 0.160 e. The highest BCUT2D eigenvalue weighted by molar-refractivity contribution is 8.14. The van der Waals surface area contributed by atoms with E-state index in [1.165, 1.54) is 0 Å². The van der Waals surface area contributed by atoms with E-state index in [2.05, 4.69) is 32.6 Å². The maximum atomic E-state index is 5.77. The van der Waals surface area contributed by atoms with Crippen molar-refractivity contribution in [3.63, 3.8) is 0 Å². The van der Waals surface area contributed by atoms with Gasteiger partial charge in [0, 0.05) is 23.2 Å². The van der Waals surface area contributed by atoms with Gasteiger partial charge in [-0.15, -0.1) is 11.8 Å². The van der Waals surface area contributed by atoms with E-state index in [-0.39, 0.29) is 0 Å². The van der Waals surface area contributed by atoms with Crippen LogP contribution in [0.5, 0.6) is 5.75 Å². The van der Waals surface area contributed by atoms with Crippen LogP contribution in [0.15, 0.2) is 47.5 Å². The Bertz CT molecular complexity index is 903. The molecule has 0 radical (unpaired) electrons. The number of thioether (sulfide) groups is 1. The first-order valence-electron chi connectivity index (χ1n) is 8.00. The number of fused-ring (bicyclic) bond motifs is 1. The van der Waals surface area contributed by atoms with E-state index in [0.717, 1.165) is 51.1 Å². The topological polar surface area (TPSA) is 62.3 Å². The van der Waals surface area contributed by atoms with Gasteiger partial charge in [0.2, 0.25) is 0 Å². The van der Waals surface area contributed by atoms with Gasteiger partial charge in [0.05, 0.1) is 22.9 Å². The third kappa shape index (κ3) is 2.85. The fraction of sp³-hybridized carbons (Fsp3) is 0.222. The number of aromatic nitrogens is 2. The quantitative estimate of drug-likeness (QED) is 0.732. The third-order valence-electron chi connectivity index (χ3n) is 3.84. The van der Waals surface area contributed by atoms with Gasteiger partial charge in [-0.3, -0.25) is 10.1 Å². The van der Waals surface area contributed by atoms with Crippen LogP contribution < -0.4 is 10.1 Å². The molecule has 0 aliphatic carbocycles. The van der Waals surface area contributed by atoms with Crippen LogP contribution in [0.2, 0.25) is 0 Å². The van der Waals surface area contributed by atoms with Crippen molar-refractivity contribution in [1.82, 2.24) is 10.2 Å². The number of nitrogens with zero attached hydrogens (tertiary/aromatic N) is 2. The van der Waals surface area contributed by atoms with E-state index in [1.54, 1.807) is 11.8 Å². The molecule has 4 rings (SSSR count). The number of H-pyrrole nitrogens is 1. The zero-order valence-electron chi connectivity index (χ0n) is 13.4. The zero-order valence-corrected chi connectivity index (χ0v) is 14.2. The Morgan fingerprint density at radius 2 is 2.17 bits per heavy atom. The molecular formula is C18H18N4OS. The number of anilines is 2. The largest absolute Gasteiger partial charge is 0.492 e. The molecule has 0 unspecified atom stereocenters. The number of para-hydroxylation sites is 1. The van der Waals surface area contributed by atoms with Crippen LogP contribution in [0.1, 0.15) is 12.5 Å². The normalized spacial score (nSPS) is 14.0. The number of aliphatic imine (C=N–C) groups is 1. The molecule has 1 aromatic heterocycles. The molecule has 0 fully saturated rings. The van der Waals surface area contributed by atoms with E-state index >= 15 is 0 Å².